The molecule has 2 atom stereocenters. The summed E-state index contributed by atoms with van der Waals surface area (Å²) in [6.45, 7) is 2.21. The van der Waals surface area contributed by atoms with Crippen LogP contribution in [0, 0.1) is 5.92 Å². The van der Waals surface area contributed by atoms with Crippen molar-refractivity contribution < 1.29 is 5.11 Å². The smallest absolute Gasteiger partial charge is 0.0679 e. The van der Waals surface area contributed by atoms with Gasteiger partial charge in [0.1, 0.15) is 0 Å². The normalized spacial score (nSPS) is 30.5. The molecular weight excluding hydrogens is 216 g/mol. The summed E-state index contributed by atoms with van der Waals surface area (Å²) in [6.07, 6.45) is 7.86. The van der Waals surface area contributed by atoms with E-state index in [9.17, 15) is 5.11 Å². The predicted molar refractivity (Wildman–Crippen MR) is 69.8 cm³/mol. The van der Waals surface area contributed by atoms with Crippen LogP contribution in [0.25, 0.3) is 0 Å². The Morgan fingerprint density at radius 1 is 1.50 bits per heavy atom. The summed E-state index contributed by atoms with van der Waals surface area (Å²) >= 11 is 1.81. The quantitative estimate of drug-likeness (QED) is 0.840. The Morgan fingerprint density at radius 3 is 3.06 bits per heavy atom. The maximum atomic E-state index is 10.7. The molecule has 0 aromatic carbocycles. The SMILES string of the molecule is CCC1CCCCC1(O)CCc1cccs1. The van der Waals surface area contributed by atoms with Gasteiger partial charge in [-0.05, 0) is 43.0 Å². The molecule has 1 aromatic heterocycles. The zero-order valence-corrected chi connectivity index (χ0v) is 10.9. The molecule has 1 aliphatic rings. The Kier molecular flexibility index (Phi) is 4.04. The largest absolute Gasteiger partial charge is 0.390 e. The first-order valence-electron chi connectivity index (χ1n) is 6.49. The third-order valence-electron chi connectivity index (χ3n) is 4.05. The fraction of sp³-hybridized carbons (Fsp3) is 0.714. The highest BCUT2D eigenvalue weighted by Crippen LogP contribution is 2.39. The van der Waals surface area contributed by atoms with Crippen molar-refractivity contribution in [1.29, 1.82) is 0 Å². The maximum Gasteiger partial charge on any atom is 0.0679 e. The van der Waals surface area contributed by atoms with Gasteiger partial charge in [-0.25, -0.2) is 0 Å². The van der Waals surface area contributed by atoms with E-state index in [4.69, 9.17) is 0 Å². The van der Waals surface area contributed by atoms with Crippen LogP contribution >= 0.6 is 11.3 Å². The van der Waals surface area contributed by atoms with Gasteiger partial charge in [0, 0.05) is 4.88 Å². The van der Waals surface area contributed by atoms with Gasteiger partial charge in [0.05, 0.1) is 5.60 Å². The molecule has 0 spiro atoms. The predicted octanol–water partition coefficient (Wildman–Crippen LogP) is 4.01. The average molecular weight is 238 g/mol. The van der Waals surface area contributed by atoms with Crippen molar-refractivity contribution in [1.82, 2.24) is 0 Å². The highest BCUT2D eigenvalue weighted by Gasteiger charge is 2.37. The second-order valence-corrected chi connectivity index (χ2v) is 6.07. The fourth-order valence-corrected chi connectivity index (χ4v) is 3.71. The van der Waals surface area contributed by atoms with Crippen LogP contribution in [0.4, 0.5) is 0 Å². The van der Waals surface area contributed by atoms with Crippen molar-refractivity contribution in [3.8, 4) is 0 Å². The minimum absolute atomic E-state index is 0.378. The van der Waals surface area contributed by atoms with Crippen molar-refractivity contribution >= 4 is 11.3 Å². The van der Waals surface area contributed by atoms with Crippen LogP contribution in [-0.4, -0.2) is 10.7 Å². The number of hydrogen-bond acceptors (Lipinski definition) is 2. The van der Waals surface area contributed by atoms with E-state index in [0.717, 1.165) is 25.7 Å². The Balaban J connectivity index is 1.94. The van der Waals surface area contributed by atoms with Crippen LogP contribution in [0.2, 0.25) is 0 Å². The van der Waals surface area contributed by atoms with Crippen LogP contribution < -0.4 is 0 Å². The van der Waals surface area contributed by atoms with Gasteiger partial charge in [0.2, 0.25) is 0 Å². The molecule has 1 fully saturated rings. The molecule has 1 aromatic rings. The van der Waals surface area contributed by atoms with Crippen molar-refractivity contribution in [3.63, 3.8) is 0 Å². The molecule has 1 nitrogen and oxygen atoms in total. The maximum absolute atomic E-state index is 10.7. The summed E-state index contributed by atoms with van der Waals surface area (Å²) in [6, 6.07) is 4.28. The molecule has 1 N–H and O–H groups in total. The summed E-state index contributed by atoms with van der Waals surface area (Å²) < 4.78 is 0. The molecule has 0 bridgehead atoms. The summed E-state index contributed by atoms with van der Waals surface area (Å²) in [4.78, 5) is 1.41. The Hall–Kier alpha value is -0.340. The van der Waals surface area contributed by atoms with E-state index in [1.54, 1.807) is 0 Å². The number of thiophene rings is 1. The first kappa shape index (κ1) is 12.1. The van der Waals surface area contributed by atoms with Gasteiger partial charge in [-0.3, -0.25) is 0 Å². The standard InChI is InChI=1S/C14H22OS/c1-2-12-6-3-4-9-14(12,15)10-8-13-7-5-11-16-13/h5,7,11-12,15H,2-4,6,8-10H2,1H3. The van der Waals surface area contributed by atoms with Gasteiger partial charge >= 0.3 is 0 Å². The highest BCUT2D eigenvalue weighted by atomic mass is 32.1. The van der Waals surface area contributed by atoms with Crippen LogP contribution in [0.5, 0.6) is 0 Å². The number of rotatable bonds is 4. The molecule has 0 radical (unpaired) electrons. The molecular formula is C14H22OS. The Bertz CT molecular complexity index is 307. The number of aryl methyl sites for hydroxylation is 1. The van der Waals surface area contributed by atoms with Crippen LogP contribution in [0.15, 0.2) is 17.5 Å². The van der Waals surface area contributed by atoms with E-state index in [0.29, 0.717) is 5.92 Å². The van der Waals surface area contributed by atoms with Crippen molar-refractivity contribution in [2.45, 2.75) is 57.5 Å². The molecule has 90 valence electrons. The van der Waals surface area contributed by atoms with Crippen molar-refractivity contribution in [2.24, 2.45) is 5.92 Å². The summed E-state index contributed by atoms with van der Waals surface area (Å²) in [7, 11) is 0. The molecule has 1 aliphatic carbocycles. The average Bonchev–Trinajstić information content (AvgIpc) is 2.80. The first-order valence-corrected chi connectivity index (χ1v) is 7.37. The second kappa shape index (κ2) is 5.33. The molecule has 2 heteroatoms. The van der Waals surface area contributed by atoms with E-state index >= 15 is 0 Å². The molecule has 16 heavy (non-hydrogen) atoms. The summed E-state index contributed by atoms with van der Waals surface area (Å²) in [5, 5.41) is 12.9. The zero-order valence-electron chi connectivity index (χ0n) is 10.1. The van der Waals surface area contributed by atoms with Gasteiger partial charge in [-0.15, -0.1) is 11.3 Å². The van der Waals surface area contributed by atoms with Crippen molar-refractivity contribution in [3.05, 3.63) is 22.4 Å². The Labute approximate surface area is 103 Å². The second-order valence-electron chi connectivity index (χ2n) is 5.03. The van der Waals surface area contributed by atoms with Crippen LogP contribution in [0.1, 0.15) is 50.3 Å². The van der Waals surface area contributed by atoms with Crippen molar-refractivity contribution in [2.75, 3.05) is 0 Å². The van der Waals surface area contributed by atoms with E-state index in [-0.39, 0.29) is 5.60 Å². The first-order chi connectivity index (χ1) is 7.74. The lowest BCUT2D eigenvalue weighted by molar-refractivity contribution is -0.0558. The van der Waals surface area contributed by atoms with Crippen LogP contribution in [0.3, 0.4) is 0 Å². The third kappa shape index (κ3) is 2.67. The van der Waals surface area contributed by atoms with E-state index in [2.05, 4.69) is 24.4 Å². The zero-order chi connectivity index (χ0) is 11.4. The number of hydrogen-bond donors (Lipinski definition) is 1. The lowest BCUT2D eigenvalue weighted by Crippen LogP contribution is -2.40. The molecule has 0 aliphatic heterocycles. The molecule has 1 saturated carbocycles. The topological polar surface area (TPSA) is 20.2 Å². The Morgan fingerprint density at radius 2 is 2.38 bits per heavy atom. The third-order valence-corrected chi connectivity index (χ3v) is 4.99. The highest BCUT2D eigenvalue weighted by molar-refractivity contribution is 7.09. The molecule has 0 amide bonds. The van der Waals surface area contributed by atoms with Gasteiger partial charge in [-0.1, -0.05) is 32.3 Å². The summed E-state index contributed by atoms with van der Waals surface area (Å²) in [5.74, 6) is 0.529. The van der Waals surface area contributed by atoms with Gasteiger partial charge in [0.25, 0.3) is 0 Å². The van der Waals surface area contributed by atoms with E-state index in [1.165, 1.54) is 24.1 Å². The van der Waals surface area contributed by atoms with E-state index in [1.807, 2.05) is 11.3 Å². The van der Waals surface area contributed by atoms with Gasteiger partial charge < -0.3 is 5.11 Å². The summed E-state index contributed by atoms with van der Waals surface area (Å²) in [5.41, 5.74) is -0.378. The monoisotopic (exact) mass is 238 g/mol. The minimum atomic E-state index is -0.378. The van der Waals surface area contributed by atoms with Crippen LogP contribution in [-0.2, 0) is 6.42 Å². The van der Waals surface area contributed by atoms with Gasteiger partial charge in [-0.2, -0.15) is 0 Å². The fourth-order valence-electron chi connectivity index (χ4n) is 3.00. The minimum Gasteiger partial charge on any atom is -0.390 e. The lowest BCUT2D eigenvalue weighted by atomic mass is 9.72. The molecule has 1 heterocycles. The van der Waals surface area contributed by atoms with E-state index < -0.39 is 0 Å². The molecule has 2 unspecified atom stereocenters. The molecule has 0 saturated heterocycles. The molecule has 2 rings (SSSR count). The number of aliphatic hydroxyl groups is 1. The van der Waals surface area contributed by atoms with Gasteiger partial charge in [0.15, 0.2) is 0 Å². The lowest BCUT2D eigenvalue weighted by Gasteiger charge is -2.40.